The van der Waals surface area contributed by atoms with Crippen LogP contribution in [0.25, 0.3) is 0 Å². The van der Waals surface area contributed by atoms with Crippen molar-refractivity contribution >= 4 is 16.7 Å². The van der Waals surface area contributed by atoms with Crippen LogP contribution in [0.2, 0.25) is 0 Å². The first kappa shape index (κ1) is 19.1. The Morgan fingerprint density at radius 1 is 1.00 bits per heavy atom. The van der Waals surface area contributed by atoms with Crippen LogP contribution in [0.3, 0.4) is 0 Å². The molecule has 1 aromatic heterocycles. The van der Waals surface area contributed by atoms with Gasteiger partial charge in [-0.1, -0.05) is 48.5 Å². The number of hydrogen-bond acceptors (Lipinski definition) is 3. The Bertz CT molecular complexity index is 918. The lowest BCUT2D eigenvalue weighted by molar-refractivity contribution is 0.0924. The van der Waals surface area contributed by atoms with Gasteiger partial charge in [0, 0.05) is 11.4 Å². The second-order valence-electron chi connectivity index (χ2n) is 6.37. The number of carbonyl (C=O) groups excluding carboxylic acids is 1. The fourth-order valence-electron chi connectivity index (χ4n) is 2.82. The molecule has 0 bridgehead atoms. The van der Waals surface area contributed by atoms with E-state index >= 15 is 0 Å². The first-order chi connectivity index (χ1) is 13.1. The molecule has 27 heavy (non-hydrogen) atoms. The van der Waals surface area contributed by atoms with E-state index in [9.17, 15) is 9.00 Å². The lowest BCUT2D eigenvalue weighted by Gasteiger charge is -2.05. The van der Waals surface area contributed by atoms with E-state index in [0.29, 0.717) is 12.3 Å². The number of aryl methyl sites for hydroxylation is 2. The molecule has 3 rings (SSSR count). The highest BCUT2D eigenvalue weighted by molar-refractivity contribution is 7.84. The lowest BCUT2D eigenvalue weighted by Crippen LogP contribution is -2.24. The molecule has 1 N–H and O–H groups in total. The number of furan rings is 1. The van der Waals surface area contributed by atoms with E-state index in [1.54, 1.807) is 12.1 Å². The molecule has 1 atom stereocenters. The van der Waals surface area contributed by atoms with Crippen LogP contribution >= 0.6 is 0 Å². The highest BCUT2D eigenvalue weighted by atomic mass is 32.2. The van der Waals surface area contributed by atoms with E-state index < -0.39 is 10.8 Å². The minimum atomic E-state index is -1.20. The highest BCUT2D eigenvalue weighted by Gasteiger charge is 2.14. The molecule has 1 amide bonds. The summed E-state index contributed by atoms with van der Waals surface area (Å²) in [5, 5.41) is 2.87. The van der Waals surface area contributed by atoms with E-state index in [1.807, 2.05) is 49.4 Å². The zero-order valence-corrected chi connectivity index (χ0v) is 16.1. The summed E-state index contributed by atoms with van der Waals surface area (Å²) in [5.74, 6) is 0.820. The van der Waals surface area contributed by atoms with Crippen LogP contribution in [0.5, 0.6) is 0 Å². The molecule has 140 valence electrons. The summed E-state index contributed by atoms with van der Waals surface area (Å²) in [6.07, 6.45) is 1.78. The van der Waals surface area contributed by atoms with Gasteiger partial charge in [0.05, 0.1) is 16.6 Å². The van der Waals surface area contributed by atoms with Gasteiger partial charge >= 0.3 is 0 Å². The molecule has 0 radical (unpaired) electrons. The molecule has 4 nitrogen and oxygen atoms in total. The van der Waals surface area contributed by atoms with Crippen molar-refractivity contribution in [3.05, 3.63) is 89.4 Å². The van der Waals surface area contributed by atoms with Crippen molar-refractivity contribution in [1.29, 1.82) is 0 Å². The van der Waals surface area contributed by atoms with Crippen LogP contribution in [-0.4, -0.2) is 16.7 Å². The molecule has 1 heterocycles. The summed E-state index contributed by atoms with van der Waals surface area (Å²) < 4.78 is 18.1. The first-order valence-corrected chi connectivity index (χ1v) is 10.3. The fraction of sp³-hybridized carbons (Fsp3) is 0.227. The minimum absolute atomic E-state index is 0.240. The average Bonchev–Trinajstić information content (AvgIpc) is 3.15. The molecular formula is C22H23NO3S. The first-order valence-electron chi connectivity index (χ1n) is 8.98. The number of hydrogen-bond donors (Lipinski definition) is 1. The average molecular weight is 381 g/mol. The molecule has 0 saturated carbocycles. The Balaban J connectivity index is 1.49. The SMILES string of the molecule is Cc1ccccc1S(=O)Cc1ccc(C(=O)NCCCc2ccccc2)o1. The van der Waals surface area contributed by atoms with Gasteiger partial charge in [-0.25, -0.2) is 0 Å². The predicted molar refractivity (Wildman–Crippen MR) is 107 cm³/mol. The van der Waals surface area contributed by atoms with Gasteiger partial charge in [-0.05, 0) is 49.1 Å². The topological polar surface area (TPSA) is 59.3 Å². The summed E-state index contributed by atoms with van der Waals surface area (Å²) in [4.78, 5) is 13.0. The number of carbonyl (C=O) groups is 1. The Morgan fingerprint density at radius 2 is 1.74 bits per heavy atom. The van der Waals surface area contributed by atoms with E-state index in [-0.39, 0.29) is 17.4 Å². The molecule has 0 aliphatic carbocycles. The summed E-state index contributed by atoms with van der Waals surface area (Å²) in [6, 6.07) is 21.1. The Kier molecular flexibility index (Phi) is 6.60. The van der Waals surface area contributed by atoms with Gasteiger partial charge in [-0.2, -0.15) is 0 Å². The highest BCUT2D eigenvalue weighted by Crippen LogP contribution is 2.18. The van der Waals surface area contributed by atoms with Crippen LogP contribution in [0.1, 0.15) is 33.9 Å². The quantitative estimate of drug-likeness (QED) is 0.593. The Morgan fingerprint density at radius 3 is 2.52 bits per heavy atom. The van der Waals surface area contributed by atoms with Crippen molar-refractivity contribution < 1.29 is 13.4 Å². The van der Waals surface area contributed by atoms with E-state index in [0.717, 1.165) is 23.3 Å². The van der Waals surface area contributed by atoms with Gasteiger partial charge in [-0.3, -0.25) is 9.00 Å². The van der Waals surface area contributed by atoms with Gasteiger partial charge in [0.1, 0.15) is 5.76 Å². The van der Waals surface area contributed by atoms with Gasteiger partial charge in [0.25, 0.3) is 5.91 Å². The summed E-state index contributed by atoms with van der Waals surface area (Å²) in [6.45, 7) is 2.52. The van der Waals surface area contributed by atoms with Crippen LogP contribution in [0, 0.1) is 6.92 Å². The number of benzene rings is 2. The minimum Gasteiger partial charge on any atom is -0.455 e. The standard InChI is InChI=1S/C22H23NO3S/c1-17-8-5-6-12-21(17)27(25)16-19-13-14-20(26-19)22(24)23-15-7-11-18-9-3-2-4-10-18/h2-6,8-10,12-14H,7,11,15-16H2,1H3,(H,23,24). The normalized spacial score (nSPS) is 11.9. The molecule has 3 aromatic rings. The maximum absolute atomic E-state index is 12.5. The zero-order valence-electron chi connectivity index (χ0n) is 15.3. The fourth-order valence-corrected chi connectivity index (χ4v) is 4.05. The van der Waals surface area contributed by atoms with Crippen molar-refractivity contribution in [2.24, 2.45) is 0 Å². The molecule has 0 saturated heterocycles. The molecule has 0 fully saturated rings. The Labute approximate surface area is 162 Å². The number of rotatable bonds is 8. The van der Waals surface area contributed by atoms with Crippen LogP contribution in [-0.2, 0) is 23.0 Å². The summed E-state index contributed by atoms with van der Waals surface area (Å²) >= 11 is 0. The van der Waals surface area contributed by atoms with Crippen molar-refractivity contribution in [3.63, 3.8) is 0 Å². The molecular weight excluding hydrogens is 358 g/mol. The third-order valence-corrected chi connectivity index (χ3v) is 5.76. The van der Waals surface area contributed by atoms with Crippen LogP contribution in [0.4, 0.5) is 0 Å². The molecule has 5 heteroatoms. The van der Waals surface area contributed by atoms with Crippen LogP contribution in [0.15, 0.2) is 76.0 Å². The van der Waals surface area contributed by atoms with Gasteiger partial charge in [0.15, 0.2) is 5.76 Å². The molecule has 0 aliphatic heterocycles. The number of nitrogens with one attached hydrogen (secondary N) is 1. The van der Waals surface area contributed by atoms with Gasteiger partial charge in [-0.15, -0.1) is 0 Å². The maximum Gasteiger partial charge on any atom is 0.286 e. The van der Waals surface area contributed by atoms with Crippen molar-refractivity contribution in [3.8, 4) is 0 Å². The Hall–Kier alpha value is -2.66. The largest absolute Gasteiger partial charge is 0.455 e. The predicted octanol–water partition coefficient (Wildman–Crippen LogP) is 4.26. The molecule has 1 unspecified atom stereocenters. The monoisotopic (exact) mass is 381 g/mol. The second-order valence-corrected chi connectivity index (χ2v) is 7.79. The van der Waals surface area contributed by atoms with Crippen molar-refractivity contribution in [1.82, 2.24) is 5.32 Å². The maximum atomic E-state index is 12.5. The van der Waals surface area contributed by atoms with Gasteiger partial charge < -0.3 is 9.73 Å². The second kappa shape index (κ2) is 9.33. The summed E-state index contributed by atoms with van der Waals surface area (Å²) in [7, 11) is -1.20. The van der Waals surface area contributed by atoms with Crippen molar-refractivity contribution in [2.75, 3.05) is 6.54 Å². The zero-order chi connectivity index (χ0) is 19.1. The van der Waals surface area contributed by atoms with E-state index in [2.05, 4.69) is 17.4 Å². The lowest BCUT2D eigenvalue weighted by atomic mass is 10.1. The molecule has 2 aromatic carbocycles. The van der Waals surface area contributed by atoms with E-state index in [4.69, 9.17) is 4.42 Å². The summed E-state index contributed by atoms with van der Waals surface area (Å²) in [5.41, 5.74) is 2.24. The van der Waals surface area contributed by atoms with Crippen molar-refractivity contribution in [2.45, 2.75) is 30.4 Å². The van der Waals surface area contributed by atoms with E-state index in [1.165, 1.54) is 5.56 Å². The van der Waals surface area contributed by atoms with Gasteiger partial charge in [0.2, 0.25) is 0 Å². The smallest absolute Gasteiger partial charge is 0.286 e. The third kappa shape index (κ3) is 5.41. The molecule has 0 aliphatic rings. The number of amides is 1. The van der Waals surface area contributed by atoms with Crippen LogP contribution < -0.4 is 5.32 Å². The third-order valence-electron chi connectivity index (χ3n) is 4.27. The molecule has 0 spiro atoms.